The van der Waals surface area contributed by atoms with Crippen molar-refractivity contribution in [3.63, 3.8) is 0 Å². The zero-order valence-electron chi connectivity index (χ0n) is 14.0. The molecule has 0 spiro atoms. The maximum atomic E-state index is 12.1. The van der Waals surface area contributed by atoms with Gasteiger partial charge in [-0.1, -0.05) is 0 Å². The Kier molecular flexibility index (Phi) is 5.68. The number of carbonyl (C=O) groups is 2. The van der Waals surface area contributed by atoms with Gasteiger partial charge < -0.3 is 20.1 Å². The highest BCUT2D eigenvalue weighted by molar-refractivity contribution is 7.20. The number of anilines is 1. The molecule has 2 aromatic heterocycles. The first-order valence-corrected chi connectivity index (χ1v) is 8.22. The molecule has 0 fully saturated rings. The first kappa shape index (κ1) is 18.1. The van der Waals surface area contributed by atoms with E-state index in [1.807, 2.05) is 19.0 Å². The van der Waals surface area contributed by atoms with Crippen LogP contribution in [0, 0.1) is 6.92 Å². The van der Waals surface area contributed by atoms with Crippen molar-refractivity contribution in [3.05, 3.63) is 16.3 Å². The lowest BCUT2D eigenvalue weighted by molar-refractivity contribution is -0.134. The summed E-state index contributed by atoms with van der Waals surface area (Å²) < 4.78 is 5.07. The number of aryl methyl sites for hydroxylation is 1. The van der Waals surface area contributed by atoms with Crippen molar-refractivity contribution < 1.29 is 19.4 Å². The zero-order chi connectivity index (χ0) is 17.9. The highest BCUT2D eigenvalue weighted by atomic mass is 32.1. The van der Waals surface area contributed by atoms with Crippen LogP contribution in [-0.4, -0.2) is 59.2 Å². The van der Waals surface area contributed by atoms with E-state index in [9.17, 15) is 9.59 Å². The van der Waals surface area contributed by atoms with Gasteiger partial charge in [0.05, 0.1) is 18.5 Å². The number of nitrogens with one attached hydrogen (secondary N) is 1. The quantitative estimate of drug-likeness (QED) is 0.726. The number of ether oxygens (including phenoxy) is 1. The molecule has 130 valence electrons. The molecule has 0 saturated carbocycles. The van der Waals surface area contributed by atoms with E-state index in [-0.39, 0.29) is 13.2 Å². The number of nitrogens with zero attached hydrogens (tertiary/aromatic N) is 3. The molecule has 8 nitrogen and oxygen atoms in total. The van der Waals surface area contributed by atoms with Crippen molar-refractivity contribution in [2.45, 2.75) is 20.4 Å². The normalized spacial score (nSPS) is 11.0. The average Bonchev–Trinajstić information content (AvgIpc) is 2.81. The molecule has 0 aromatic carbocycles. The monoisotopic (exact) mass is 352 g/mol. The fourth-order valence-electron chi connectivity index (χ4n) is 2.22. The Labute approximate surface area is 143 Å². The van der Waals surface area contributed by atoms with Crippen LogP contribution in [0.1, 0.15) is 28.0 Å². The van der Waals surface area contributed by atoms with Crippen molar-refractivity contribution in [1.29, 1.82) is 0 Å². The molecule has 0 atom stereocenters. The van der Waals surface area contributed by atoms with Crippen LogP contribution in [0.3, 0.4) is 0 Å². The van der Waals surface area contributed by atoms with Gasteiger partial charge in [0.25, 0.3) is 0 Å². The molecular weight excluding hydrogens is 332 g/mol. The molecule has 2 rings (SSSR count). The second-order valence-electron chi connectivity index (χ2n) is 5.43. The largest absolute Gasteiger partial charge is 0.480 e. The van der Waals surface area contributed by atoms with E-state index in [0.29, 0.717) is 38.8 Å². The van der Waals surface area contributed by atoms with Crippen molar-refractivity contribution in [2.24, 2.45) is 0 Å². The molecule has 0 aliphatic carbocycles. The number of hydrogen-bond donors (Lipinski definition) is 2. The zero-order valence-corrected chi connectivity index (χ0v) is 14.9. The van der Waals surface area contributed by atoms with Gasteiger partial charge in [0, 0.05) is 0 Å². The Morgan fingerprint density at radius 1 is 1.33 bits per heavy atom. The predicted octanol–water partition coefficient (Wildman–Crippen LogP) is 1.73. The summed E-state index contributed by atoms with van der Waals surface area (Å²) in [5.74, 6) is -0.425. The van der Waals surface area contributed by atoms with Crippen LogP contribution in [0.25, 0.3) is 10.2 Å². The van der Waals surface area contributed by atoms with Crippen LogP contribution in [-0.2, 0) is 16.1 Å². The molecule has 0 amide bonds. The Balaban J connectivity index is 2.56. The molecule has 0 unspecified atom stereocenters. The number of esters is 1. The van der Waals surface area contributed by atoms with E-state index < -0.39 is 11.9 Å². The highest BCUT2D eigenvalue weighted by Crippen LogP contribution is 2.34. The smallest absolute Gasteiger partial charge is 0.348 e. The first-order chi connectivity index (χ1) is 11.3. The minimum absolute atomic E-state index is 0.266. The average molecular weight is 352 g/mol. The summed E-state index contributed by atoms with van der Waals surface area (Å²) in [5.41, 5.74) is 0.692. The second kappa shape index (κ2) is 7.54. The molecule has 0 aliphatic rings. The van der Waals surface area contributed by atoms with Gasteiger partial charge in [-0.15, -0.1) is 11.3 Å². The summed E-state index contributed by atoms with van der Waals surface area (Å²) in [4.78, 5) is 34.9. The van der Waals surface area contributed by atoms with Crippen LogP contribution < -0.4 is 5.32 Å². The Hall–Kier alpha value is -2.26. The van der Waals surface area contributed by atoms with Crippen LogP contribution in [0.5, 0.6) is 0 Å². The molecule has 0 radical (unpaired) electrons. The molecule has 2 heterocycles. The third-order valence-corrected chi connectivity index (χ3v) is 4.33. The standard InChI is InChI=1S/C15H20N4O4S/c1-5-23-15(22)12-8(2)11-13(16-6-10(20)21)17-9(7-19(3)4)18-14(11)24-12/h5-7H2,1-4H3,(H,20,21)(H,16,17,18). The van der Waals surface area contributed by atoms with Crippen molar-refractivity contribution in [2.75, 3.05) is 32.6 Å². The van der Waals surface area contributed by atoms with Gasteiger partial charge in [0.1, 0.15) is 27.9 Å². The van der Waals surface area contributed by atoms with Crippen LogP contribution in [0.15, 0.2) is 0 Å². The number of aromatic nitrogens is 2. The number of carbonyl (C=O) groups excluding carboxylic acids is 1. The molecule has 0 bridgehead atoms. The Morgan fingerprint density at radius 2 is 2.04 bits per heavy atom. The third kappa shape index (κ3) is 3.98. The fourth-order valence-corrected chi connectivity index (χ4v) is 3.31. The van der Waals surface area contributed by atoms with E-state index in [0.717, 1.165) is 0 Å². The van der Waals surface area contributed by atoms with Gasteiger partial charge in [0.15, 0.2) is 0 Å². The van der Waals surface area contributed by atoms with Gasteiger partial charge in [-0.25, -0.2) is 14.8 Å². The topological polar surface area (TPSA) is 105 Å². The van der Waals surface area contributed by atoms with E-state index in [1.54, 1.807) is 13.8 Å². The SMILES string of the molecule is CCOC(=O)c1sc2nc(CN(C)C)nc(NCC(=O)O)c2c1C. The number of fused-ring (bicyclic) bond motifs is 1. The summed E-state index contributed by atoms with van der Waals surface area (Å²) in [7, 11) is 3.78. The second-order valence-corrected chi connectivity index (χ2v) is 6.43. The number of rotatable bonds is 7. The lowest BCUT2D eigenvalue weighted by atomic mass is 10.2. The van der Waals surface area contributed by atoms with E-state index in [1.165, 1.54) is 11.3 Å². The van der Waals surface area contributed by atoms with Crippen LogP contribution >= 0.6 is 11.3 Å². The van der Waals surface area contributed by atoms with Crippen molar-refractivity contribution in [3.8, 4) is 0 Å². The predicted molar refractivity (Wildman–Crippen MR) is 91.6 cm³/mol. The lowest BCUT2D eigenvalue weighted by Crippen LogP contribution is -2.17. The Morgan fingerprint density at radius 3 is 2.62 bits per heavy atom. The van der Waals surface area contributed by atoms with Gasteiger partial charge >= 0.3 is 11.9 Å². The van der Waals surface area contributed by atoms with Crippen molar-refractivity contribution >= 4 is 39.3 Å². The Bertz CT molecular complexity index is 772. The molecule has 24 heavy (non-hydrogen) atoms. The fraction of sp³-hybridized carbons (Fsp3) is 0.467. The maximum absolute atomic E-state index is 12.1. The first-order valence-electron chi connectivity index (χ1n) is 7.41. The molecule has 2 N–H and O–H groups in total. The number of thiophene rings is 1. The van der Waals surface area contributed by atoms with Crippen LogP contribution in [0.4, 0.5) is 5.82 Å². The summed E-state index contributed by atoms with van der Waals surface area (Å²) >= 11 is 1.23. The minimum Gasteiger partial charge on any atom is -0.480 e. The minimum atomic E-state index is -0.991. The highest BCUT2D eigenvalue weighted by Gasteiger charge is 2.21. The summed E-state index contributed by atoms with van der Waals surface area (Å²) in [6.07, 6.45) is 0. The molecule has 2 aromatic rings. The van der Waals surface area contributed by atoms with Gasteiger partial charge in [0.2, 0.25) is 0 Å². The van der Waals surface area contributed by atoms with Gasteiger partial charge in [-0.05, 0) is 33.5 Å². The maximum Gasteiger partial charge on any atom is 0.348 e. The summed E-state index contributed by atoms with van der Waals surface area (Å²) in [5, 5.41) is 12.4. The number of aliphatic carboxylic acids is 1. The summed E-state index contributed by atoms with van der Waals surface area (Å²) in [6.45, 7) is 4.05. The summed E-state index contributed by atoms with van der Waals surface area (Å²) in [6, 6.07) is 0. The van der Waals surface area contributed by atoms with E-state index >= 15 is 0 Å². The number of carboxylic acid groups (broad SMARTS) is 1. The van der Waals surface area contributed by atoms with Gasteiger partial charge in [-0.2, -0.15) is 0 Å². The van der Waals surface area contributed by atoms with E-state index in [4.69, 9.17) is 9.84 Å². The molecule has 9 heteroatoms. The molecule has 0 aliphatic heterocycles. The number of carboxylic acids is 1. The van der Waals surface area contributed by atoms with E-state index in [2.05, 4.69) is 15.3 Å². The van der Waals surface area contributed by atoms with Gasteiger partial charge in [-0.3, -0.25) is 4.79 Å². The molecular formula is C15H20N4O4S. The number of hydrogen-bond acceptors (Lipinski definition) is 8. The lowest BCUT2D eigenvalue weighted by Gasteiger charge is -2.11. The third-order valence-electron chi connectivity index (χ3n) is 3.16. The van der Waals surface area contributed by atoms with Crippen molar-refractivity contribution in [1.82, 2.24) is 14.9 Å². The molecule has 0 saturated heterocycles. The van der Waals surface area contributed by atoms with Crippen LogP contribution in [0.2, 0.25) is 0 Å².